The molecular formula is C35H38FN5O5. The zero-order valence-corrected chi connectivity index (χ0v) is 26.0. The summed E-state index contributed by atoms with van der Waals surface area (Å²) in [6, 6.07) is 22.7. The van der Waals surface area contributed by atoms with Gasteiger partial charge in [0.2, 0.25) is 5.91 Å². The van der Waals surface area contributed by atoms with Gasteiger partial charge in [-0.15, -0.1) is 0 Å². The van der Waals surface area contributed by atoms with Gasteiger partial charge in [0.15, 0.2) is 0 Å². The van der Waals surface area contributed by atoms with Gasteiger partial charge in [0.1, 0.15) is 17.7 Å². The Labute approximate surface area is 267 Å². The largest absolute Gasteiger partial charge is 0.488 e. The van der Waals surface area contributed by atoms with Crippen LogP contribution in [0.4, 0.5) is 31.0 Å². The van der Waals surface area contributed by atoms with Crippen molar-refractivity contribution in [3.8, 4) is 5.75 Å². The normalized spacial score (nSPS) is 17.1. The third kappa shape index (κ3) is 7.73. The van der Waals surface area contributed by atoms with Crippen LogP contribution in [0.3, 0.4) is 0 Å². The highest BCUT2D eigenvalue weighted by Gasteiger charge is 2.32. The molecule has 0 unspecified atom stereocenters. The van der Waals surface area contributed by atoms with E-state index in [-0.39, 0.29) is 37.4 Å². The fraction of sp³-hybridized carbons (Fsp3) is 0.286. The first-order valence-corrected chi connectivity index (χ1v) is 15.1. The van der Waals surface area contributed by atoms with Crippen molar-refractivity contribution in [3.63, 3.8) is 0 Å². The Morgan fingerprint density at radius 3 is 2.46 bits per heavy atom. The first-order chi connectivity index (χ1) is 22.1. The third-order valence-corrected chi connectivity index (χ3v) is 8.11. The number of carbonyl (C=O) groups is 3. The van der Waals surface area contributed by atoms with Crippen LogP contribution in [-0.2, 0) is 11.2 Å². The number of hydrogen-bond acceptors (Lipinski definition) is 5. The molecule has 0 aliphatic carbocycles. The maximum absolute atomic E-state index is 13.5. The van der Waals surface area contributed by atoms with Gasteiger partial charge in [0.25, 0.3) is 0 Å². The van der Waals surface area contributed by atoms with Crippen LogP contribution in [0.1, 0.15) is 19.4 Å². The molecule has 0 spiro atoms. The van der Waals surface area contributed by atoms with Gasteiger partial charge in [-0.3, -0.25) is 4.79 Å². The molecule has 1 aliphatic rings. The Hall–Kier alpha value is -5.16. The van der Waals surface area contributed by atoms with Crippen molar-refractivity contribution in [3.05, 3.63) is 96.3 Å². The summed E-state index contributed by atoms with van der Waals surface area (Å²) in [6.45, 7) is 4.04. The predicted octanol–water partition coefficient (Wildman–Crippen LogP) is 5.94. The quantitative estimate of drug-likeness (QED) is 0.202. The molecular weight excluding hydrogens is 589 g/mol. The van der Waals surface area contributed by atoms with Crippen LogP contribution in [0, 0.1) is 11.7 Å². The Bertz CT molecular complexity index is 1710. The lowest BCUT2D eigenvalue weighted by Crippen LogP contribution is -2.48. The minimum absolute atomic E-state index is 0.0222. The van der Waals surface area contributed by atoms with Crippen molar-refractivity contribution in [2.45, 2.75) is 32.4 Å². The molecule has 0 aromatic heterocycles. The van der Waals surface area contributed by atoms with Crippen molar-refractivity contribution in [2.24, 2.45) is 5.92 Å². The van der Waals surface area contributed by atoms with Crippen molar-refractivity contribution in [1.82, 2.24) is 9.80 Å². The van der Waals surface area contributed by atoms with Crippen LogP contribution in [0.2, 0.25) is 0 Å². The van der Waals surface area contributed by atoms with E-state index in [1.54, 1.807) is 42.0 Å². The summed E-state index contributed by atoms with van der Waals surface area (Å²) >= 11 is 0. The molecule has 0 saturated carbocycles. The summed E-state index contributed by atoms with van der Waals surface area (Å²) in [5.74, 6) is -0.372. The van der Waals surface area contributed by atoms with Crippen LogP contribution in [0.15, 0.2) is 84.9 Å². The number of urea groups is 2. The van der Waals surface area contributed by atoms with Crippen molar-refractivity contribution in [1.29, 1.82) is 0 Å². The number of fused-ring (bicyclic) bond motifs is 2. The van der Waals surface area contributed by atoms with E-state index in [1.807, 2.05) is 49.4 Å². The van der Waals surface area contributed by atoms with Gasteiger partial charge in [0.05, 0.1) is 31.3 Å². The summed E-state index contributed by atoms with van der Waals surface area (Å²) in [6.07, 6.45) is -0.534. The van der Waals surface area contributed by atoms with Gasteiger partial charge < -0.3 is 35.6 Å². The Morgan fingerprint density at radius 1 is 1.00 bits per heavy atom. The van der Waals surface area contributed by atoms with E-state index in [0.29, 0.717) is 34.9 Å². The summed E-state index contributed by atoms with van der Waals surface area (Å²) < 4.78 is 19.8. The van der Waals surface area contributed by atoms with Gasteiger partial charge in [-0.25, -0.2) is 14.0 Å². The molecule has 3 atom stereocenters. The molecule has 5 amide bonds. The standard InChI is InChI=1S/C35H38FN5O5/c1-22-19-41(23(2)21-42)33(43)18-25-17-28(38-34(44)37-27-13-11-26(36)12-14-27)15-16-31(25)46-32(22)20-40(3)35(45)39-30-10-6-8-24-7-4-5-9-29(24)30/h4-17,22-23,32,42H,18-21H2,1-3H3,(H,39,45)(H2,37,38,44)/t22-,23-,32-/m1/s1. The Morgan fingerprint density at radius 2 is 1.70 bits per heavy atom. The molecule has 4 N–H and O–H groups in total. The number of aliphatic hydroxyl groups excluding tert-OH is 1. The highest BCUT2D eigenvalue weighted by atomic mass is 19.1. The number of nitrogens with one attached hydrogen (secondary N) is 3. The van der Waals surface area contributed by atoms with E-state index in [9.17, 15) is 23.9 Å². The van der Waals surface area contributed by atoms with Crippen LogP contribution in [-0.4, -0.2) is 71.8 Å². The van der Waals surface area contributed by atoms with E-state index in [2.05, 4.69) is 16.0 Å². The molecule has 0 saturated heterocycles. The smallest absolute Gasteiger partial charge is 0.323 e. The monoisotopic (exact) mass is 627 g/mol. The van der Waals surface area contributed by atoms with Gasteiger partial charge in [0, 0.05) is 41.8 Å². The van der Waals surface area contributed by atoms with E-state index < -0.39 is 24.0 Å². The second-order valence-corrected chi connectivity index (χ2v) is 11.6. The molecule has 46 heavy (non-hydrogen) atoms. The van der Waals surface area contributed by atoms with Crippen molar-refractivity contribution in [2.75, 3.05) is 42.7 Å². The average Bonchev–Trinajstić information content (AvgIpc) is 3.09. The number of hydrogen-bond donors (Lipinski definition) is 4. The predicted molar refractivity (Wildman–Crippen MR) is 177 cm³/mol. The maximum Gasteiger partial charge on any atom is 0.323 e. The van der Waals surface area contributed by atoms with Crippen molar-refractivity contribution >= 4 is 45.8 Å². The lowest BCUT2D eigenvalue weighted by atomic mass is 10.0. The van der Waals surface area contributed by atoms with Gasteiger partial charge in [-0.2, -0.15) is 0 Å². The molecule has 11 heteroatoms. The zero-order valence-electron chi connectivity index (χ0n) is 26.0. The van der Waals surface area contributed by atoms with Gasteiger partial charge in [-0.1, -0.05) is 43.3 Å². The summed E-state index contributed by atoms with van der Waals surface area (Å²) in [5.41, 5.74) is 2.08. The number of aliphatic hydroxyl groups is 1. The third-order valence-electron chi connectivity index (χ3n) is 8.11. The van der Waals surface area contributed by atoms with E-state index >= 15 is 0 Å². The van der Waals surface area contributed by atoms with Crippen LogP contribution < -0.4 is 20.7 Å². The molecule has 4 aromatic carbocycles. The first-order valence-electron chi connectivity index (χ1n) is 15.1. The van der Waals surface area contributed by atoms with Gasteiger partial charge >= 0.3 is 12.1 Å². The van der Waals surface area contributed by atoms with E-state index in [4.69, 9.17) is 4.74 Å². The summed E-state index contributed by atoms with van der Waals surface area (Å²) in [5, 5.41) is 20.3. The minimum atomic E-state index is -0.539. The average molecular weight is 628 g/mol. The lowest BCUT2D eigenvalue weighted by Gasteiger charge is -2.34. The number of amides is 5. The second kappa shape index (κ2) is 14.3. The number of carbonyl (C=O) groups excluding carboxylic acids is 3. The molecule has 5 rings (SSSR count). The molecule has 1 aliphatic heterocycles. The first kappa shape index (κ1) is 32.2. The SMILES string of the molecule is C[C@@H]1CN([C@H](C)CO)C(=O)Cc2cc(NC(=O)Nc3ccc(F)cc3)ccc2O[C@@H]1CN(C)C(=O)Nc1cccc2ccccc12. The number of nitrogens with zero attached hydrogens (tertiary/aromatic N) is 2. The van der Waals surface area contributed by atoms with E-state index in [0.717, 1.165) is 10.8 Å². The molecule has 0 bridgehead atoms. The lowest BCUT2D eigenvalue weighted by molar-refractivity contribution is -0.134. The molecule has 10 nitrogen and oxygen atoms in total. The topological polar surface area (TPSA) is 123 Å². The molecule has 240 valence electrons. The summed E-state index contributed by atoms with van der Waals surface area (Å²) in [7, 11) is 1.69. The van der Waals surface area contributed by atoms with Crippen LogP contribution in [0.5, 0.6) is 5.75 Å². The number of anilines is 3. The van der Waals surface area contributed by atoms with Crippen molar-refractivity contribution < 1.29 is 28.6 Å². The summed E-state index contributed by atoms with van der Waals surface area (Å²) in [4.78, 5) is 42.7. The number of halogens is 1. The van der Waals surface area contributed by atoms with Crippen LogP contribution >= 0.6 is 0 Å². The van der Waals surface area contributed by atoms with E-state index in [1.165, 1.54) is 24.3 Å². The highest BCUT2D eigenvalue weighted by Crippen LogP contribution is 2.30. The molecule has 4 aromatic rings. The Balaban J connectivity index is 1.36. The molecule has 0 fully saturated rings. The minimum Gasteiger partial charge on any atom is -0.488 e. The fourth-order valence-corrected chi connectivity index (χ4v) is 5.45. The maximum atomic E-state index is 13.5. The number of rotatable bonds is 7. The van der Waals surface area contributed by atoms with Crippen LogP contribution in [0.25, 0.3) is 10.8 Å². The number of likely N-dealkylation sites (N-methyl/N-ethyl adjacent to an activating group) is 1. The Kier molecular flexibility index (Phi) is 10.0. The highest BCUT2D eigenvalue weighted by molar-refractivity contribution is 6.01. The second-order valence-electron chi connectivity index (χ2n) is 11.6. The molecule has 0 radical (unpaired) electrons. The van der Waals surface area contributed by atoms with Gasteiger partial charge in [-0.05, 0) is 60.8 Å². The fourth-order valence-electron chi connectivity index (χ4n) is 5.45. The zero-order chi connectivity index (χ0) is 32.8. The number of benzene rings is 4. The molecule has 1 heterocycles. The number of ether oxygens (including phenoxy) is 1.